The molecule has 2 aromatic rings. The number of nitrogens with zero attached hydrogens (tertiary/aromatic N) is 3. The summed E-state index contributed by atoms with van der Waals surface area (Å²) < 4.78 is 6.05. The summed E-state index contributed by atoms with van der Waals surface area (Å²) >= 11 is 5.17. The van der Waals surface area contributed by atoms with Crippen LogP contribution in [0.1, 0.15) is 29.1 Å². The largest absolute Gasteiger partial charge is 0.378 e. The third-order valence-electron chi connectivity index (χ3n) is 2.60. The lowest BCUT2D eigenvalue weighted by atomic mass is 10.3. The molecular weight excluding hydrogens is 340 g/mol. The van der Waals surface area contributed by atoms with Crippen molar-refractivity contribution < 1.29 is 4.74 Å². The van der Waals surface area contributed by atoms with E-state index in [0.717, 1.165) is 39.1 Å². The molecule has 20 heavy (non-hydrogen) atoms. The van der Waals surface area contributed by atoms with Gasteiger partial charge in [0.25, 0.3) is 0 Å². The van der Waals surface area contributed by atoms with Crippen molar-refractivity contribution in [2.24, 2.45) is 0 Å². The summed E-state index contributed by atoms with van der Waals surface area (Å²) in [6.07, 6.45) is 0.632. The molecule has 0 aromatic carbocycles. The number of hydrogen-bond acceptors (Lipinski definition) is 6. The maximum absolute atomic E-state index is 5.19. The standard InChI is InChI=1S/C13H17BrN4OS/c1-4-15-13-12(14)10(6-19-3)17-11(18-13)5-9-7-20-8(2)16-9/h7H,4-6H2,1-3H3,(H,15,17,18). The molecule has 0 fully saturated rings. The molecule has 5 nitrogen and oxygen atoms in total. The minimum absolute atomic E-state index is 0.449. The van der Waals surface area contributed by atoms with E-state index in [9.17, 15) is 0 Å². The summed E-state index contributed by atoms with van der Waals surface area (Å²) in [5.41, 5.74) is 1.85. The highest BCUT2D eigenvalue weighted by Crippen LogP contribution is 2.25. The molecule has 2 aromatic heterocycles. The van der Waals surface area contributed by atoms with Crippen molar-refractivity contribution in [3.8, 4) is 0 Å². The first-order valence-electron chi connectivity index (χ1n) is 6.33. The highest BCUT2D eigenvalue weighted by atomic mass is 79.9. The van der Waals surface area contributed by atoms with E-state index >= 15 is 0 Å². The summed E-state index contributed by atoms with van der Waals surface area (Å²) in [6.45, 7) is 5.28. The Bertz CT molecular complexity index is 560. The number of aromatic nitrogens is 3. The first kappa shape index (κ1) is 15.3. The molecule has 0 bridgehead atoms. The van der Waals surface area contributed by atoms with Crippen LogP contribution in [0.4, 0.5) is 5.82 Å². The SMILES string of the molecule is CCNc1nc(Cc2csc(C)n2)nc(COC)c1Br. The van der Waals surface area contributed by atoms with Crippen molar-refractivity contribution >= 4 is 33.1 Å². The number of halogens is 1. The zero-order chi connectivity index (χ0) is 14.5. The lowest BCUT2D eigenvalue weighted by Crippen LogP contribution is -2.09. The number of anilines is 1. The van der Waals surface area contributed by atoms with Gasteiger partial charge in [-0.15, -0.1) is 11.3 Å². The number of methoxy groups -OCH3 is 1. The van der Waals surface area contributed by atoms with Gasteiger partial charge in [-0.3, -0.25) is 0 Å². The van der Waals surface area contributed by atoms with Crippen LogP contribution in [-0.4, -0.2) is 28.6 Å². The van der Waals surface area contributed by atoms with E-state index in [0.29, 0.717) is 13.0 Å². The Hall–Kier alpha value is -1.05. The fraction of sp³-hybridized carbons (Fsp3) is 0.462. The minimum Gasteiger partial charge on any atom is -0.378 e. The van der Waals surface area contributed by atoms with E-state index in [2.05, 4.69) is 36.2 Å². The van der Waals surface area contributed by atoms with Crippen LogP contribution in [-0.2, 0) is 17.8 Å². The van der Waals surface area contributed by atoms with Crippen molar-refractivity contribution in [1.82, 2.24) is 15.0 Å². The molecule has 2 heterocycles. The summed E-state index contributed by atoms with van der Waals surface area (Å²) in [5, 5.41) is 6.34. The smallest absolute Gasteiger partial charge is 0.144 e. The van der Waals surface area contributed by atoms with Gasteiger partial charge in [0.1, 0.15) is 11.6 Å². The number of aryl methyl sites for hydroxylation is 1. The number of hydrogen-bond donors (Lipinski definition) is 1. The van der Waals surface area contributed by atoms with Gasteiger partial charge in [-0.05, 0) is 29.8 Å². The molecule has 0 saturated heterocycles. The molecule has 0 aliphatic heterocycles. The molecule has 0 saturated carbocycles. The van der Waals surface area contributed by atoms with Crippen molar-refractivity contribution in [3.05, 3.63) is 32.1 Å². The van der Waals surface area contributed by atoms with E-state index in [1.165, 1.54) is 0 Å². The molecule has 108 valence electrons. The van der Waals surface area contributed by atoms with Gasteiger partial charge in [0.05, 0.1) is 33.9 Å². The number of ether oxygens (including phenoxy) is 1. The molecular formula is C13H17BrN4OS. The summed E-state index contributed by atoms with van der Waals surface area (Å²) in [6, 6.07) is 0. The van der Waals surface area contributed by atoms with Crippen LogP contribution in [0.5, 0.6) is 0 Å². The number of thiazole rings is 1. The van der Waals surface area contributed by atoms with E-state index in [4.69, 9.17) is 4.74 Å². The highest BCUT2D eigenvalue weighted by Gasteiger charge is 2.13. The van der Waals surface area contributed by atoms with Crippen LogP contribution >= 0.6 is 27.3 Å². The van der Waals surface area contributed by atoms with Gasteiger partial charge >= 0.3 is 0 Å². The summed E-state index contributed by atoms with van der Waals surface area (Å²) in [5.74, 6) is 1.55. The minimum atomic E-state index is 0.449. The van der Waals surface area contributed by atoms with Gasteiger partial charge < -0.3 is 10.1 Å². The molecule has 2 rings (SSSR count). The average Bonchev–Trinajstić information content (AvgIpc) is 2.81. The second-order valence-corrected chi connectivity index (χ2v) is 6.10. The highest BCUT2D eigenvalue weighted by molar-refractivity contribution is 9.10. The molecule has 0 aliphatic rings. The van der Waals surface area contributed by atoms with Crippen LogP contribution in [0.25, 0.3) is 0 Å². The van der Waals surface area contributed by atoms with E-state index in [1.807, 2.05) is 19.2 Å². The zero-order valence-electron chi connectivity index (χ0n) is 11.7. The monoisotopic (exact) mass is 356 g/mol. The molecule has 0 atom stereocenters. The summed E-state index contributed by atoms with van der Waals surface area (Å²) in [4.78, 5) is 13.6. The summed E-state index contributed by atoms with van der Waals surface area (Å²) in [7, 11) is 1.66. The number of rotatable bonds is 6. The maximum Gasteiger partial charge on any atom is 0.144 e. The fourth-order valence-corrected chi connectivity index (χ4v) is 2.84. The number of nitrogens with one attached hydrogen (secondary N) is 1. The van der Waals surface area contributed by atoms with Crippen LogP contribution in [0.15, 0.2) is 9.85 Å². The first-order valence-corrected chi connectivity index (χ1v) is 8.00. The molecule has 0 aliphatic carbocycles. The first-order chi connectivity index (χ1) is 9.63. The molecule has 0 spiro atoms. The Morgan fingerprint density at radius 1 is 1.35 bits per heavy atom. The maximum atomic E-state index is 5.19. The van der Waals surface area contributed by atoms with Gasteiger partial charge in [-0.2, -0.15) is 0 Å². The Labute approximate surface area is 131 Å². The second kappa shape index (κ2) is 7.10. The molecule has 0 unspecified atom stereocenters. The normalized spacial score (nSPS) is 10.8. The van der Waals surface area contributed by atoms with E-state index in [-0.39, 0.29) is 0 Å². The van der Waals surface area contributed by atoms with E-state index < -0.39 is 0 Å². The van der Waals surface area contributed by atoms with Crippen LogP contribution in [0.3, 0.4) is 0 Å². The molecule has 0 radical (unpaired) electrons. The lowest BCUT2D eigenvalue weighted by molar-refractivity contribution is 0.180. The lowest BCUT2D eigenvalue weighted by Gasteiger charge is -2.11. The zero-order valence-corrected chi connectivity index (χ0v) is 14.1. The van der Waals surface area contributed by atoms with Crippen molar-refractivity contribution in [2.45, 2.75) is 26.9 Å². The van der Waals surface area contributed by atoms with Gasteiger partial charge in [0.2, 0.25) is 0 Å². The van der Waals surface area contributed by atoms with E-state index in [1.54, 1.807) is 18.4 Å². The molecule has 0 amide bonds. The van der Waals surface area contributed by atoms with Gasteiger partial charge in [0, 0.05) is 19.0 Å². The van der Waals surface area contributed by atoms with Crippen LogP contribution in [0, 0.1) is 6.92 Å². The average molecular weight is 357 g/mol. The predicted octanol–water partition coefficient (Wildman–Crippen LogP) is 3.17. The van der Waals surface area contributed by atoms with Gasteiger partial charge in [-0.25, -0.2) is 15.0 Å². The topological polar surface area (TPSA) is 59.9 Å². The molecule has 1 N–H and O–H groups in total. The van der Waals surface area contributed by atoms with Crippen molar-refractivity contribution in [3.63, 3.8) is 0 Å². The Kier molecular flexibility index (Phi) is 5.45. The van der Waals surface area contributed by atoms with Gasteiger partial charge in [-0.1, -0.05) is 0 Å². The van der Waals surface area contributed by atoms with Crippen LogP contribution in [0.2, 0.25) is 0 Å². The fourth-order valence-electron chi connectivity index (χ4n) is 1.79. The predicted molar refractivity (Wildman–Crippen MR) is 84.3 cm³/mol. The van der Waals surface area contributed by atoms with Gasteiger partial charge in [0.15, 0.2) is 0 Å². The Morgan fingerprint density at radius 3 is 2.75 bits per heavy atom. The van der Waals surface area contributed by atoms with Crippen LogP contribution < -0.4 is 5.32 Å². The second-order valence-electron chi connectivity index (χ2n) is 4.25. The van der Waals surface area contributed by atoms with Crippen molar-refractivity contribution in [1.29, 1.82) is 0 Å². The Morgan fingerprint density at radius 2 is 2.15 bits per heavy atom. The third-order valence-corrected chi connectivity index (χ3v) is 4.25. The molecule has 7 heteroatoms. The quantitative estimate of drug-likeness (QED) is 0.861. The van der Waals surface area contributed by atoms with Crippen molar-refractivity contribution in [2.75, 3.05) is 19.0 Å². The Balaban J connectivity index is 2.31. The third kappa shape index (κ3) is 3.74.